The molecule has 1 amide bonds. The van der Waals surface area contributed by atoms with Gasteiger partial charge in [0.15, 0.2) is 0 Å². The third kappa shape index (κ3) is 4.06. The van der Waals surface area contributed by atoms with Gasteiger partial charge >= 0.3 is 0 Å². The number of likely N-dealkylation sites (N-methyl/N-ethyl adjacent to an activating group) is 1. The summed E-state index contributed by atoms with van der Waals surface area (Å²) in [7, 11) is 1.65. The van der Waals surface area contributed by atoms with E-state index in [2.05, 4.69) is 6.92 Å². The van der Waals surface area contributed by atoms with Gasteiger partial charge in [-0.15, -0.1) is 0 Å². The van der Waals surface area contributed by atoms with Crippen LogP contribution in [0.4, 0.5) is 4.39 Å². The minimum Gasteiger partial charge on any atom is -0.497 e. The van der Waals surface area contributed by atoms with Gasteiger partial charge in [0.2, 0.25) is 5.91 Å². The second-order valence-corrected chi connectivity index (χ2v) is 7.03. The number of hydrogen-bond acceptors (Lipinski definition) is 2. The molecule has 1 fully saturated rings. The molecule has 0 spiro atoms. The van der Waals surface area contributed by atoms with Crippen LogP contribution in [-0.2, 0) is 11.2 Å². The Bertz CT molecular complexity index is 759. The molecule has 3 unspecified atom stereocenters. The van der Waals surface area contributed by atoms with Crippen molar-refractivity contribution in [1.29, 1.82) is 0 Å². The van der Waals surface area contributed by atoms with Gasteiger partial charge in [-0.25, -0.2) is 4.39 Å². The zero-order chi connectivity index (χ0) is 18.7. The summed E-state index contributed by atoms with van der Waals surface area (Å²) in [6.07, 6.45) is 1.62. The van der Waals surface area contributed by atoms with Gasteiger partial charge in [0.05, 0.1) is 7.11 Å². The number of nitrogens with zero attached hydrogens (tertiary/aromatic N) is 1. The lowest BCUT2D eigenvalue weighted by molar-refractivity contribution is -0.134. The van der Waals surface area contributed by atoms with E-state index in [9.17, 15) is 9.18 Å². The van der Waals surface area contributed by atoms with Gasteiger partial charge in [-0.2, -0.15) is 0 Å². The zero-order valence-electron chi connectivity index (χ0n) is 15.6. The number of carbonyl (C=O) groups is 1. The highest BCUT2D eigenvalue weighted by atomic mass is 19.1. The van der Waals surface area contributed by atoms with Gasteiger partial charge in [0.1, 0.15) is 11.6 Å². The molecule has 0 bridgehead atoms. The highest BCUT2D eigenvalue weighted by molar-refractivity contribution is 5.83. The summed E-state index contributed by atoms with van der Waals surface area (Å²) >= 11 is 0. The molecule has 4 heteroatoms. The molecule has 0 N–H and O–H groups in total. The largest absolute Gasteiger partial charge is 0.497 e. The van der Waals surface area contributed by atoms with Crippen LogP contribution in [0, 0.1) is 11.7 Å². The van der Waals surface area contributed by atoms with Gasteiger partial charge in [-0.3, -0.25) is 4.79 Å². The fraction of sp³-hybridized carbons (Fsp3) is 0.409. The standard InChI is InChI=1S/C22H26FNO2/c1-4-24(15(2)12-16-8-10-19(26-3)11-9-16)22(25)21-14-20(21)17-6-5-7-18(23)13-17/h5-11,13,15,20-21H,4,12,14H2,1-3H3. The molecule has 2 aromatic carbocycles. The van der Waals surface area contributed by atoms with Crippen molar-refractivity contribution in [2.75, 3.05) is 13.7 Å². The average molecular weight is 355 g/mol. The molecule has 0 aliphatic heterocycles. The summed E-state index contributed by atoms with van der Waals surface area (Å²) in [6, 6.07) is 14.7. The Kier molecular flexibility index (Phi) is 5.60. The van der Waals surface area contributed by atoms with E-state index in [0.717, 1.165) is 24.2 Å². The first kappa shape index (κ1) is 18.4. The van der Waals surface area contributed by atoms with Crippen molar-refractivity contribution in [1.82, 2.24) is 4.90 Å². The fourth-order valence-electron chi connectivity index (χ4n) is 3.68. The first-order valence-electron chi connectivity index (χ1n) is 9.22. The molecular formula is C22H26FNO2. The molecule has 2 aromatic rings. The van der Waals surface area contributed by atoms with Crippen LogP contribution in [0.1, 0.15) is 37.3 Å². The van der Waals surface area contributed by atoms with E-state index in [0.29, 0.717) is 6.54 Å². The molecule has 0 saturated heterocycles. The molecule has 1 aliphatic carbocycles. The number of hydrogen-bond donors (Lipinski definition) is 0. The van der Waals surface area contributed by atoms with Crippen molar-refractivity contribution >= 4 is 5.91 Å². The van der Waals surface area contributed by atoms with E-state index in [1.807, 2.05) is 42.2 Å². The number of ether oxygens (including phenoxy) is 1. The molecular weight excluding hydrogens is 329 g/mol. The van der Waals surface area contributed by atoms with Crippen LogP contribution in [0.15, 0.2) is 48.5 Å². The number of amides is 1. The first-order valence-corrected chi connectivity index (χ1v) is 9.22. The Labute approximate surface area is 154 Å². The summed E-state index contributed by atoms with van der Waals surface area (Å²) in [6.45, 7) is 4.79. The number of carbonyl (C=O) groups excluding carboxylic acids is 1. The Morgan fingerprint density at radius 2 is 2.00 bits per heavy atom. The number of methoxy groups -OCH3 is 1. The molecule has 138 valence electrons. The lowest BCUT2D eigenvalue weighted by Gasteiger charge is -2.28. The van der Waals surface area contributed by atoms with Crippen LogP contribution in [0.25, 0.3) is 0 Å². The molecule has 3 nitrogen and oxygen atoms in total. The maximum absolute atomic E-state index is 13.4. The second-order valence-electron chi connectivity index (χ2n) is 7.03. The topological polar surface area (TPSA) is 29.5 Å². The van der Waals surface area contributed by atoms with Crippen molar-refractivity contribution in [3.8, 4) is 5.75 Å². The van der Waals surface area contributed by atoms with Crippen molar-refractivity contribution in [3.63, 3.8) is 0 Å². The van der Waals surface area contributed by atoms with Crippen LogP contribution in [0.3, 0.4) is 0 Å². The molecule has 1 aliphatic rings. The average Bonchev–Trinajstić information content (AvgIpc) is 3.44. The zero-order valence-corrected chi connectivity index (χ0v) is 15.6. The number of rotatable bonds is 7. The molecule has 0 aromatic heterocycles. The predicted molar refractivity (Wildman–Crippen MR) is 101 cm³/mol. The fourth-order valence-corrected chi connectivity index (χ4v) is 3.68. The Morgan fingerprint density at radius 1 is 1.27 bits per heavy atom. The SMILES string of the molecule is CCN(C(=O)C1CC1c1cccc(F)c1)C(C)Cc1ccc(OC)cc1. The summed E-state index contributed by atoms with van der Waals surface area (Å²) in [4.78, 5) is 14.9. The maximum atomic E-state index is 13.4. The van der Waals surface area contributed by atoms with Crippen LogP contribution < -0.4 is 4.74 Å². The van der Waals surface area contributed by atoms with Crippen LogP contribution >= 0.6 is 0 Å². The van der Waals surface area contributed by atoms with Gasteiger partial charge in [-0.1, -0.05) is 24.3 Å². The highest BCUT2D eigenvalue weighted by Gasteiger charge is 2.46. The van der Waals surface area contributed by atoms with Gasteiger partial charge in [0, 0.05) is 18.5 Å². The van der Waals surface area contributed by atoms with Crippen molar-refractivity contribution < 1.29 is 13.9 Å². The third-order valence-corrected chi connectivity index (χ3v) is 5.23. The maximum Gasteiger partial charge on any atom is 0.226 e. The molecule has 1 saturated carbocycles. The molecule has 26 heavy (non-hydrogen) atoms. The molecule has 3 atom stereocenters. The second kappa shape index (κ2) is 7.90. The first-order chi connectivity index (χ1) is 12.5. The minimum atomic E-state index is -0.235. The minimum absolute atomic E-state index is 0.0185. The van der Waals surface area contributed by atoms with E-state index in [4.69, 9.17) is 4.74 Å². The van der Waals surface area contributed by atoms with E-state index >= 15 is 0 Å². The van der Waals surface area contributed by atoms with E-state index in [1.54, 1.807) is 19.2 Å². The quantitative estimate of drug-likeness (QED) is 0.736. The Balaban J connectivity index is 1.63. The lowest BCUT2D eigenvalue weighted by Crippen LogP contribution is -2.40. The molecule has 3 rings (SSSR count). The van der Waals surface area contributed by atoms with E-state index < -0.39 is 0 Å². The normalized spacial score (nSPS) is 19.7. The lowest BCUT2D eigenvalue weighted by atomic mass is 10.0. The number of halogens is 1. The van der Waals surface area contributed by atoms with Crippen molar-refractivity contribution in [3.05, 3.63) is 65.5 Å². The highest BCUT2D eigenvalue weighted by Crippen LogP contribution is 2.48. The summed E-state index contributed by atoms with van der Waals surface area (Å²) in [5.74, 6) is 0.917. The van der Waals surface area contributed by atoms with Gasteiger partial charge < -0.3 is 9.64 Å². The Morgan fingerprint density at radius 3 is 2.62 bits per heavy atom. The third-order valence-electron chi connectivity index (χ3n) is 5.23. The van der Waals surface area contributed by atoms with Gasteiger partial charge in [0.25, 0.3) is 0 Å². The Hall–Kier alpha value is -2.36. The van der Waals surface area contributed by atoms with Crippen LogP contribution in [0.2, 0.25) is 0 Å². The van der Waals surface area contributed by atoms with Crippen molar-refractivity contribution in [2.24, 2.45) is 5.92 Å². The number of benzene rings is 2. The smallest absolute Gasteiger partial charge is 0.226 e. The van der Waals surface area contributed by atoms with Crippen LogP contribution in [-0.4, -0.2) is 30.5 Å². The summed E-state index contributed by atoms with van der Waals surface area (Å²) in [5.41, 5.74) is 2.12. The summed E-state index contributed by atoms with van der Waals surface area (Å²) < 4.78 is 18.6. The van der Waals surface area contributed by atoms with E-state index in [-0.39, 0.29) is 29.6 Å². The van der Waals surface area contributed by atoms with Crippen LogP contribution in [0.5, 0.6) is 5.75 Å². The predicted octanol–water partition coefficient (Wildman–Crippen LogP) is 4.42. The molecule has 0 radical (unpaired) electrons. The monoisotopic (exact) mass is 355 g/mol. The van der Waals surface area contributed by atoms with E-state index in [1.165, 1.54) is 11.6 Å². The van der Waals surface area contributed by atoms with Crippen molar-refractivity contribution in [2.45, 2.75) is 38.6 Å². The van der Waals surface area contributed by atoms with Gasteiger partial charge in [-0.05, 0) is 68.0 Å². The summed E-state index contributed by atoms with van der Waals surface area (Å²) in [5, 5.41) is 0. The molecule has 0 heterocycles.